The molecule has 1 aromatic rings. The molecule has 2 atom stereocenters. The Bertz CT molecular complexity index is 779. The summed E-state index contributed by atoms with van der Waals surface area (Å²) in [5.41, 5.74) is -0.742. The molecule has 144 valence electrons. The third-order valence-electron chi connectivity index (χ3n) is 5.32. The van der Waals surface area contributed by atoms with Gasteiger partial charge in [-0.1, -0.05) is 19.8 Å². The van der Waals surface area contributed by atoms with Crippen molar-refractivity contribution in [3.05, 3.63) is 35.6 Å². The number of rotatable bonds is 5. The molecule has 0 bridgehead atoms. The van der Waals surface area contributed by atoms with Crippen molar-refractivity contribution in [2.24, 2.45) is 5.92 Å². The van der Waals surface area contributed by atoms with Gasteiger partial charge in [0.15, 0.2) is 12.4 Å². The van der Waals surface area contributed by atoms with Crippen LogP contribution in [0.4, 0.5) is 9.18 Å². The van der Waals surface area contributed by atoms with Crippen molar-refractivity contribution < 1.29 is 28.3 Å². The van der Waals surface area contributed by atoms with E-state index in [4.69, 9.17) is 4.74 Å². The van der Waals surface area contributed by atoms with E-state index >= 15 is 0 Å². The molecule has 3 rings (SSSR count). The van der Waals surface area contributed by atoms with Crippen LogP contribution in [0.2, 0.25) is 0 Å². The number of urea groups is 1. The number of amides is 3. The molecule has 1 aromatic carbocycles. The first kappa shape index (κ1) is 19.0. The molecule has 1 saturated heterocycles. The van der Waals surface area contributed by atoms with Gasteiger partial charge in [0.2, 0.25) is 0 Å². The zero-order valence-corrected chi connectivity index (χ0v) is 15.0. The van der Waals surface area contributed by atoms with Gasteiger partial charge in [0.05, 0.1) is 0 Å². The normalized spacial score (nSPS) is 24.8. The van der Waals surface area contributed by atoms with Crippen molar-refractivity contribution in [2.45, 2.75) is 38.1 Å². The van der Waals surface area contributed by atoms with E-state index in [1.54, 1.807) is 0 Å². The van der Waals surface area contributed by atoms with Gasteiger partial charge in [-0.15, -0.1) is 0 Å². The summed E-state index contributed by atoms with van der Waals surface area (Å²) in [6.07, 6.45) is 3.21. The first-order valence-electron chi connectivity index (χ1n) is 8.92. The average molecular weight is 376 g/mol. The summed E-state index contributed by atoms with van der Waals surface area (Å²) in [6.45, 7) is 0.825. The number of Topliss-reactive ketones (excluding diaryl/α,β-unsaturated/α-hetero) is 1. The van der Waals surface area contributed by atoms with E-state index in [2.05, 4.69) is 5.32 Å². The largest absolute Gasteiger partial charge is 0.456 e. The van der Waals surface area contributed by atoms with Gasteiger partial charge >= 0.3 is 12.0 Å². The maximum absolute atomic E-state index is 12.9. The molecule has 0 unspecified atom stereocenters. The van der Waals surface area contributed by atoms with E-state index in [0.29, 0.717) is 6.42 Å². The van der Waals surface area contributed by atoms with Crippen molar-refractivity contribution in [1.29, 1.82) is 0 Å². The Hall–Kier alpha value is -2.77. The number of esters is 1. The molecule has 2 fully saturated rings. The molecule has 7 nitrogen and oxygen atoms in total. The van der Waals surface area contributed by atoms with Crippen LogP contribution in [0, 0.1) is 11.7 Å². The second-order valence-corrected chi connectivity index (χ2v) is 7.03. The molecule has 0 radical (unpaired) electrons. The Kier molecular flexibility index (Phi) is 5.25. The van der Waals surface area contributed by atoms with E-state index in [1.165, 1.54) is 12.1 Å². The van der Waals surface area contributed by atoms with Crippen LogP contribution in [-0.2, 0) is 14.3 Å². The lowest BCUT2D eigenvalue weighted by molar-refractivity contribution is -0.147. The van der Waals surface area contributed by atoms with E-state index < -0.39 is 48.2 Å². The fourth-order valence-corrected chi connectivity index (χ4v) is 3.68. The Labute approximate surface area is 155 Å². The Balaban J connectivity index is 1.57. The number of imide groups is 1. The first-order valence-corrected chi connectivity index (χ1v) is 8.92. The Morgan fingerprint density at radius 3 is 2.63 bits per heavy atom. The second kappa shape index (κ2) is 7.46. The third kappa shape index (κ3) is 3.70. The van der Waals surface area contributed by atoms with E-state index in [-0.39, 0.29) is 11.5 Å². The van der Waals surface area contributed by atoms with Gasteiger partial charge in [-0.2, -0.15) is 0 Å². The lowest BCUT2D eigenvalue weighted by atomic mass is 9.73. The summed E-state index contributed by atoms with van der Waals surface area (Å²) in [5.74, 6) is -2.26. The van der Waals surface area contributed by atoms with Crippen LogP contribution >= 0.6 is 0 Å². The van der Waals surface area contributed by atoms with Crippen molar-refractivity contribution >= 4 is 23.7 Å². The molecule has 1 spiro atoms. The molecule has 2 aliphatic rings. The van der Waals surface area contributed by atoms with Crippen molar-refractivity contribution in [1.82, 2.24) is 10.2 Å². The monoisotopic (exact) mass is 376 g/mol. The van der Waals surface area contributed by atoms with E-state index in [0.717, 1.165) is 36.3 Å². The molecule has 27 heavy (non-hydrogen) atoms. The summed E-state index contributed by atoms with van der Waals surface area (Å²) in [5, 5.41) is 2.75. The van der Waals surface area contributed by atoms with Crippen molar-refractivity contribution in [2.75, 3.05) is 13.2 Å². The zero-order chi connectivity index (χ0) is 19.6. The molecule has 1 N–H and O–H groups in total. The fraction of sp³-hybridized carbons (Fsp3) is 0.474. The molecule has 8 heteroatoms. The molecule has 0 aromatic heterocycles. The number of halogens is 1. The third-order valence-corrected chi connectivity index (χ3v) is 5.32. The predicted molar refractivity (Wildman–Crippen MR) is 92.3 cm³/mol. The van der Waals surface area contributed by atoms with Crippen LogP contribution in [0.15, 0.2) is 24.3 Å². The van der Waals surface area contributed by atoms with Crippen LogP contribution in [-0.4, -0.2) is 47.3 Å². The van der Waals surface area contributed by atoms with Crippen LogP contribution in [0.5, 0.6) is 0 Å². The number of carbonyl (C=O) groups is 4. The minimum absolute atomic E-state index is 0.0104. The number of hydrogen-bond acceptors (Lipinski definition) is 5. The van der Waals surface area contributed by atoms with Crippen LogP contribution in [0.3, 0.4) is 0 Å². The maximum atomic E-state index is 12.9. The molecule has 1 aliphatic heterocycles. The fourth-order valence-electron chi connectivity index (χ4n) is 3.68. The van der Waals surface area contributed by atoms with Gasteiger partial charge in [-0.05, 0) is 43.0 Å². The number of ether oxygens (including phenoxy) is 1. The maximum Gasteiger partial charge on any atom is 0.326 e. The van der Waals surface area contributed by atoms with E-state index in [1.807, 2.05) is 6.92 Å². The van der Waals surface area contributed by atoms with Gasteiger partial charge in [-0.25, -0.2) is 9.18 Å². The Morgan fingerprint density at radius 1 is 1.26 bits per heavy atom. The van der Waals surface area contributed by atoms with Crippen LogP contribution in [0.1, 0.15) is 43.0 Å². The number of nitrogens with one attached hydrogen (secondary N) is 1. The number of carbonyl (C=O) groups excluding carboxylic acids is 4. The highest BCUT2D eigenvalue weighted by Crippen LogP contribution is 2.38. The molecule has 1 aliphatic carbocycles. The average Bonchev–Trinajstić information content (AvgIpc) is 2.88. The lowest BCUT2D eigenvalue weighted by Gasteiger charge is -2.36. The summed E-state index contributed by atoms with van der Waals surface area (Å²) < 4.78 is 17.8. The predicted octanol–water partition coefficient (Wildman–Crippen LogP) is 2.05. The first-order chi connectivity index (χ1) is 12.8. The van der Waals surface area contributed by atoms with Gasteiger partial charge in [0.25, 0.3) is 5.91 Å². The summed E-state index contributed by atoms with van der Waals surface area (Å²) in [7, 11) is 0. The summed E-state index contributed by atoms with van der Waals surface area (Å²) in [6, 6.07) is 4.23. The van der Waals surface area contributed by atoms with E-state index in [9.17, 15) is 23.6 Å². The van der Waals surface area contributed by atoms with Crippen molar-refractivity contribution in [3.8, 4) is 0 Å². The number of nitrogens with zero attached hydrogens (tertiary/aromatic N) is 1. The van der Waals surface area contributed by atoms with Crippen LogP contribution in [0.25, 0.3) is 0 Å². The van der Waals surface area contributed by atoms with Crippen LogP contribution < -0.4 is 5.32 Å². The number of hydrogen-bond donors (Lipinski definition) is 1. The highest BCUT2D eigenvalue weighted by Gasteiger charge is 2.55. The number of ketones is 1. The molecular formula is C19H21FN2O5. The van der Waals surface area contributed by atoms with Gasteiger partial charge in [0, 0.05) is 5.56 Å². The number of benzene rings is 1. The molecule has 1 heterocycles. The molecule has 1 saturated carbocycles. The quantitative estimate of drug-likeness (QED) is 0.482. The standard InChI is InChI=1S/C19H21FN2O5/c1-12-4-2-3-9-19(12)17(25)22(18(26)21-19)10-16(24)27-11-15(23)13-5-7-14(20)8-6-13/h5-8,12H,2-4,9-11H2,1H3,(H,21,26)/t12-,19+/m0/s1. The Morgan fingerprint density at radius 2 is 1.96 bits per heavy atom. The minimum Gasteiger partial charge on any atom is -0.456 e. The summed E-state index contributed by atoms with van der Waals surface area (Å²) in [4.78, 5) is 49.8. The van der Waals surface area contributed by atoms with Gasteiger partial charge < -0.3 is 10.1 Å². The molecule has 3 amide bonds. The van der Waals surface area contributed by atoms with Gasteiger partial charge in [0.1, 0.15) is 17.9 Å². The minimum atomic E-state index is -0.945. The lowest BCUT2D eigenvalue weighted by Crippen LogP contribution is -2.54. The SMILES string of the molecule is C[C@H]1CCCC[C@@]12NC(=O)N(CC(=O)OCC(=O)c1ccc(F)cc1)C2=O. The summed E-state index contributed by atoms with van der Waals surface area (Å²) >= 11 is 0. The topological polar surface area (TPSA) is 92.8 Å². The highest BCUT2D eigenvalue weighted by molar-refractivity contribution is 6.09. The van der Waals surface area contributed by atoms with Gasteiger partial charge in [-0.3, -0.25) is 19.3 Å². The smallest absolute Gasteiger partial charge is 0.326 e. The second-order valence-electron chi connectivity index (χ2n) is 7.03. The molecular weight excluding hydrogens is 355 g/mol. The highest BCUT2D eigenvalue weighted by atomic mass is 19.1. The van der Waals surface area contributed by atoms with Crippen molar-refractivity contribution in [3.63, 3.8) is 0 Å². The zero-order valence-electron chi connectivity index (χ0n) is 15.0.